The van der Waals surface area contributed by atoms with Crippen LogP contribution in [0, 0.1) is 0 Å². The number of benzene rings is 1. The average molecular weight is 225 g/mol. The summed E-state index contributed by atoms with van der Waals surface area (Å²) < 4.78 is 0. The van der Waals surface area contributed by atoms with Crippen LogP contribution in [0.4, 0.5) is 0 Å². The van der Waals surface area contributed by atoms with Crippen molar-refractivity contribution in [2.75, 3.05) is 13.1 Å². The van der Waals surface area contributed by atoms with Gasteiger partial charge in [-0.15, -0.1) is 0 Å². The van der Waals surface area contributed by atoms with Crippen LogP contribution in [0.5, 0.6) is 0 Å². The quantitative estimate of drug-likeness (QED) is 0.828. The van der Waals surface area contributed by atoms with Crippen molar-refractivity contribution in [1.82, 2.24) is 4.90 Å². The highest BCUT2D eigenvalue weighted by Gasteiger charge is 2.32. The van der Waals surface area contributed by atoms with Crippen molar-refractivity contribution in [2.45, 2.75) is 12.5 Å². The summed E-state index contributed by atoms with van der Waals surface area (Å²) in [5.41, 5.74) is 6.12. The maximum absolute atomic E-state index is 12.0. The Morgan fingerprint density at radius 2 is 2.27 bits per heavy atom. The Morgan fingerprint density at radius 3 is 2.80 bits per heavy atom. The predicted molar refractivity (Wildman–Crippen MR) is 59.9 cm³/mol. The van der Waals surface area contributed by atoms with Gasteiger partial charge >= 0.3 is 0 Å². The summed E-state index contributed by atoms with van der Waals surface area (Å²) in [5.74, 6) is -0.0118. The molecule has 2 rings (SSSR count). The number of amides is 1. The van der Waals surface area contributed by atoms with Gasteiger partial charge < -0.3 is 10.6 Å². The molecule has 3 nitrogen and oxygen atoms in total. The fourth-order valence-electron chi connectivity index (χ4n) is 1.74. The van der Waals surface area contributed by atoms with Crippen molar-refractivity contribution < 1.29 is 4.79 Å². The van der Waals surface area contributed by atoms with Crippen molar-refractivity contribution in [3.05, 3.63) is 34.9 Å². The topological polar surface area (TPSA) is 46.3 Å². The van der Waals surface area contributed by atoms with Crippen LogP contribution in [0.1, 0.15) is 16.8 Å². The number of carbonyl (C=O) groups is 1. The Balaban J connectivity index is 2.18. The van der Waals surface area contributed by atoms with Crippen LogP contribution < -0.4 is 5.73 Å². The zero-order valence-corrected chi connectivity index (χ0v) is 9.07. The van der Waals surface area contributed by atoms with Gasteiger partial charge in [-0.2, -0.15) is 0 Å². The smallest absolute Gasteiger partial charge is 0.255 e. The monoisotopic (exact) mass is 224 g/mol. The van der Waals surface area contributed by atoms with Gasteiger partial charge in [-0.3, -0.25) is 4.79 Å². The number of carbonyl (C=O) groups excluding carboxylic acids is 1. The highest BCUT2D eigenvalue weighted by molar-refractivity contribution is 6.33. The van der Waals surface area contributed by atoms with Crippen LogP contribution in [0.3, 0.4) is 0 Å². The zero-order valence-electron chi connectivity index (χ0n) is 8.32. The van der Waals surface area contributed by atoms with Crippen molar-refractivity contribution in [3.8, 4) is 0 Å². The van der Waals surface area contributed by atoms with E-state index in [2.05, 4.69) is 0 Å². The first-order chi connectivity index (χ1) is 7.24. The summed E-state index contributed by atoms with van der Waals surface area (Å²) in [6.45, 7) is 1.31. The summed E-state index contributed by atoms with van der Waals surface area (Å²) in [5, 5.41) is 0.505. The maximum Gasteiger partial charge on any atom is 0.255 e. The largest absolute Gasteiger partial charge is 0.334 e. The number of hydrogen-bond acceptors (Lipinski definition) is 2. The molecule has 0 bridgehead atoms. The highest BCUT2D eigenvalue weighted by atomic mass is 35.5. The molecule has 0 radical (unpaired) electrons. The number of halogens is 1. The molecular formula is C11H13ClN2O. The molecule has 1 atom stereocenters. The number of hydrogen-bond donors (Lipinski definition) is 1. The molecule has 2 N–H and O–H groups in total. The maximum atomic E-state index is 12.0. The Kier molecular flexibility index (Phi) is 2.93. The zero-order chi connectivity index (χ0) is 10.8. The lowest BCUT2D eigenvalue weighted by atomic mass is 10.0. The molecule has 15 heavy (non-hydrogen) atoms. The molecule has 1 heterocycles. The van der Waals surface area contributed by atoms with Gasteiger partial charge in [0.2, 0.25) is 0 Å². The molecule has 1 fully saturated rings. The summed E-state index contributed by atoms with van der Waals surface area (Å²) in [4.78, 5) is 13.8. The van der Waals surface area contributed by atoms with Crippen LogP contribution in [0.2, 0.25) is 5.02 Å². The van der Waals surface area contributed by atoms with E-state index in [1.807, 2.05) is 12.1 Å². The molecule has 0 aromatic heterocycles. The minimum atomic E-state index is -0.0118. The third-order valence-corrected chi connectivity index (χ3v) is 3.11. The number of rotatable bonds is 2. The average Bonchev–Trinajstić information content (AvgIpc) is 2.17. The van der Waals surface area contributed by atoms with Crippen molar-refractivity contribution in [2.24, 2.45) is 5.73 Å². The second-order valence-corrected chi connectivity index (χ2v) is 4.06. The molecule has 1 unspecified atom stereocenters. The van der Waals surface area contributed by atoms with Crippen molar-refractivity contribution in [3.63, 3.8) is 0 Å². The van der Waals surface area contributed by atoms with E-state index in [1.165, 1.54) is 0 Å². The second kappa shape index (κ2) is 4.21. The van der Waals surface area contributed by atoms with Gasteiger partial charge in [0.25, 0.3) is 5.91 Å². The van der Waals surface area contributed by atoms with E-state index in [0.717, 1.165) is 13.0 Å². The van der Waals surface area contributed by atoms with Gasteiger partial charge in [-0.05, 0) is 18.6 Å². The lowest BCUT2D eigenvalue weighted by molar-refractivity contribution is 0.0482. The molecular weight excluding hydrogens is 212 g/mol. The Labute approximate surface area is 93.8 Å². The predicted octanol–water partition coefficient (Wildman–Crippen LogP) is 1.51. The van der Waals surface area contributed by atoms with Crippen LogP contribution in [0.15, 0.2) is 24.3 Å². The summed E-state index contributed by atoms with van der Waals surface area (Å²) >= 11 is 5.96. The molecule has 80 valence electrons. The highest BCUT2D eigenvalue weighted by Crippen LogP contribution is 2.23. The molecule has 1 amide bonds. The van der Waals surface area contributed by atoms with Crippen molar-refractivity contribution >= 4 is 17.5 Å². The van der Waals surface area contributed by atoms with Crippen LogP contribution in [0.25, 0.3) is 0 Å². The fourth-order valence-corrected chi connectivity index (χ4v) is 1.96. The molecule has 1 aromatic carbocycles. The molecule has 1 aliphatic heterocycles. The molecule has 4 heteroatoms. The van der Waals surface area contributed by atoms with E-state index < -0.39 is 0 Å². The lowest BCUT2D eigenvalue weighted by Gasteiger charge is -2.40. The van der Waals surface area contributed by atoms with E-state index >= 15 is 0 Å². The van der Waals surface area contributed by atoms with Gasteiger partial charge in [-0.1, -0.05) is 23.7 Å². The van der Waals surface area contributed by atoms with Gasteiger partial charge in [0, 0.05) is 19.1 Å². The van der Waals surface area contributed by atoms with E-state index in [9.17, 15) is 4.79 Å². The molecule has 0 saturated carbocycles. The normalized spacial score (nSPS) is 19.9. The Morgan fingerprint density at radius 1 is 1.53 bits per heavy atom. The van der Waals surface area contributed by atoms with Gasteiger partial charge in [-0.25, -0.2) is 0 Å². The molecule has 1 aromatic rings. The minimum Gasteiger partial charge on any atom is -0.334 e. The van der Waals surface area contributed by atoms with Crippen LogP contribution in [-0.4, -0.2) is 29.9 Å². The van der Waals surface area contributed by atoms with E-state index in [4.69, 9.17) is 17.3 Å². The van der Waals surface area contributed by atoms with Gasteiger partial charge in [0.15, 0.2) is 0 Å². The molecule has 0 aliphatic carbocycles. The Hall–Kier alpha value is -1.06. The summed E-state index contributed by atoms with van der Waals surface area (Å²) in [6, 6.07) is 7.29. The standard InChI is InChI=1S/C11H13ClN2O/c12-10-4-2-1-3-9(10)11(15)14-6-5-8(14)7-13/h1-4,8H,5-7,13H2. The summed E-state index contributed by atoms with van der Waals surface area (Å²) in [6.07, 6.45) is 0.993. The molecule has 0 spiro atoms. The van der Waals surface area contributed by atoms with E-state index in [-0.39, 0.29) is 11.9 Å². The first-order valence-corrected chi connectivity index (χ1v) is 5.37. The van der Waals surface area contributed by atoms with Gasteiger partial charge in [0.05, 0.1) is 10.6 Å². The van der Waals surface area contributed by atoms with Crippen molar-refractivity contribution in [1.29, 1.82) is 0 Å². The molecule has 1 aliphatic rings. The number of likely N-dealkylation sites (tertiary alicyclic amines) is 1. The minimum absolute atomic E-state index is 0.0118. The SMILES string of the molecule is NCC1CCN1C(=O)c1ccccc1Cl. The second-order valence-electron chi connectivity index (χ2n) is 3.66. The Bertz CT molecular complexity index is 379. The van der Waals surface area contributed by atoms with Crippen LogP contribution in [-0.2, 0) is 0 Å². The summed E-state index contributed by atoms with van der Waals surface area (Å²) in [7, 11) is 0. The molecule has 1 saturated heterocycles. The third kappa shape index (κ3) is 1.85. The lowest BCUT2D eigenvalue weighted by Crippen LogP contribution is -2.54. The van der Waals surface area contributed by atoms with Gasteiger partial charge in [0.1, 0.15) is 0 Å². The number of nitrogens with two attached hydrogens (primary N) is 1. The first-order valence-electron chi connectivity index (χ1n) is 4.99. The van der Waals surface area contributed by atoms with Crippen LogP contribution >= 0.6 is 11.6 Å². The number of nitrogens with zero attached hydrogens (tertiary/aromatic N) is 1. The third-order valence-electron chi connectivity index (χ3n) is 2.78. The van der Waals surface area contributed by atoms with E-state index in [0.29, 0.717) is 17.1 Å². The van der Waals surface area contributed by atoms with E-state index in [1.54, 1.807) is 17.0 Å². The first kappa shape index (κ1) is 10.5. The fraction of sp³-hybridized carbons (Fsp3) is 0.364.